The maximum absolute atomic E-state index is 2.68. The van der Waals surface area contributed by atoms with E-state index in [2.05, 4.69) is 32.7 Å². The minimum atomic E-state index is 0.457. The van der Waals surface area contributed by atoms with Crippen molar-refractivity contribution in [2.24, 2.45) is 0 Å². The Morgan fingerprint density at radius 2 is 1.81 bits per heavy atom. The topological polar surface area (TPSA) is 3.24 Å². The predicted molar refractivity (Wildman–Crippen MR) is 72.9 cm³/mol. The van der Waals surface area contributed by atoms with E-state index in [1.54, 1.807) is 0 Å². The second-order valence-electron chi connectivity index (χ2n) is 5.86. The summed E-state index contributed by atoms with van der Waals surface area (Å²) in [4.78, 5) is 2.68. The van der Waals surface area contributed by atoms with E-state index >= 15 is 0 Å². The van der Waals surface area contributed by atoms with Crippen molar-refractivity contribution in [1.82, 2.24) is 4.90 Å². The fourth-order valence-electron chi connectivity index (χ4n) is 2.75. The van der Waals surface area contributed by atoms with Crippen molar-refractivity contribution in [2.45, 2.75) is 90.1 Å². The summed E-state index contributed by atoms with van der Waals surface area (Å²) in [5, 5.41) is 0. The second kappa shape index (κ2) is 6.64. The zero-order valence-electron chi connectivity index (χ0n) is 11.9. The van der Waals surface area contributed by atoms with Crippen LogP contribution in [0.2, 0.25) is 0 Å². The molecule has 0 saturated heterocycles. The number of hydrogen-bond acceptors (Lipinski definition) is 1. The highest BCUT2D eigenvalue weighted by atomic mass is 15.2. The summed E-state index contributed by atoms with van der Waals surface area (Å²) in [7, 11) is 2.35. The minimum absolute atomic E-state index is 0.457. The molecule has 0 spiro atoms. The lowest BCUT2D eigenvalue weighted by Crippen LogP contribution is -2.51. The van der Waals surface area contributed by atoms with Gasteiger partial charge in [0, 0.05) is 11.6 Å². The molecule has 0 radical (unpaired) electrons. The van der Waals surface area contributed by atoms with Crippen LogP contribution in [0.5, 0.6) is 0 Å². The van der Waals surface area contributed by atoms with Gasteiger partial charge in [0.05, 0.1) is 0 Å². The van der Waals surface area contributed by atoms with Crippen LogP contribution in [0, 0.1) is 0 Å². The third-order valence-corrected chi connectivity index (χ3v) is 4.80. The maximum atomic E-state index is 2.68. The summed E-state index contributed by atoms with van der Waals surface area (Å²) in [6, 6.07) is 0.885. The second-order valence-corrected chi connectivity index (χ2v) is 5.86. The van der Waals surface area contributed by atoms with Crippen LogP contribution in [0.25, 0.3) is 0 Å². The Morgan fingerprint density at radius 1 is 1.12 bits per heavy atom. The molecule has 0 aliphatic heterocycles. The van der Waals surface area contributed by atoms with Crippen molar-refractivity contribution < 1.29 is 0 Å². The van der Waals surface area contributed by atoms with Crippen LogP contribution in [-0.4, -0.2) is 23.5 Å². The molecular formula is C15H31N. The number of unbranched alkanes of at least 4 members (excludes halogenated alkanes) is 3. The number of hydrogen-bond donors (Lipinski definition) is 0. The van der Waals surface area contributed by atoms with Crippen LogP contribution in [0.4, 0.5) is 0 Å². The first-order valence-electron chi connectivity index (χ1n) is 7.37. The molecular weight excluding hydrogens is 194 g/mol. The molecule has 0 aromatic carbocycles. The molecule has 96 valence electrons. The number of nitrogens with zero attached hydrogens (tertiary/aromatic N) is 1. The molecule has 1 unspecified atom stereocenters. The third-order valence-electron chi connectivity index (χ3n) is 4.80. The Balaban J connectivity index is 2.35. The average Bonchev–Trinajstić information content (AvgIpc) is 2.21. The van der Waals surface area contributed by atoms with Crippen molar-refractivity contribution in [3.63, 3.8) is 0 Å². The van der Waals surface area contributed by atoms with Crippen LogP contribution in [0.1, 0.15) is 78.6 Å². The van der Waals surface area contributed by atoms with Gasteiger partial charge in [0.25, 0.3) is 0 Å². The fraction of sp³-hybridized carbons (Fsp3) is 1.00. The zero-order valence-corrected chi connectivity index (χ0v) is 11.9. The quantitative estimate of drug-likeness (QED) is 0.545. The smallest absolute Gasteiger partial charge is 0.0178 e. The lowest BCUT2D eigenvalue weighted by Gasteiger charge is -2.47. The molecule has 0 aromatic heterocycles. The first kappa shape index (κ1) is 14.0. The van der Waals surface area contributed by atoms with E-state index in [4.69, 9.17) is 0 Å². The van der Waals surface area contributed by atoms with Gasteiger partial charge in [0.2, 0.25) is 0 Å². The van der Waals surface area contributed by atoms with Gasteiger partial charge in [-0.15, -0.1) is 0 Å². The van der Waals surface area contributed by atoms with Gasteiger partial charge >= 0.3 is 0 Å². The lowest BCUT2D eigenvalue weighted by molar-refractivity contribution is 0.0340. The van der Waals surface area contributed by atoms with Gasteiger partial charge < -0.3 is 0 Å². The van der Waals surface area contributed by atoms with Crippen molar-refractivity contribution in [3.8, 4) is 0 Å². The van der Waals surface area contributed by atoms with Gasteiger partial charge in [-0.1, -0.05) is 46.0 Å². The molecule has 1 atom stereocenters. The molecule has 1 aliphatic rings. The lowest BCUT2D eigenvalue weighted by atomic mass is 9.83. The van der Waals surface area contributed by atoms with Crippen molar-refractivity contribution in [1.29, 1.82) is 0 Å². The molecule has 1 aliphatic carbocycles. The number of rotatable bonds is 8. The Labute approximate surface area is 103 Å². The fourth-order valence-corrected chi connectivity index (χ4v) is 2.75. The summed E-state index contributed by atoms with van der Waals surface area (Å²) in [6.45, 7) is 7.12. The first-order valence-corrected chi connectivity index (χ1v) is 7.37. The Bertz CT molecular complexity index is 186. The molecule has 1 heteroatoms. The van der Waals surface area contributed by atoms with Crippen LogP contribution < -0.4 is 0 Å². The van der Waals surface area contributed by atoms with E-state index in [-0.39, 0.29) is 0 Å². The predicted octanol–water partition coefficient (Wildman–Crippen LogP) is 4.61. The summed E-state index contributed by atoms with van der Waals surface area (Å²) < 4.78 is 0. The molecule has 0 N–H and O–H groups in total. The normalized spacial score (nSPS) is 20.8. The van der Waals surface area contributed by atoms with E-state index in [0.717, 1.165) is 6.04 Å². The largest absolute Gasteiger partial charge is 0.298 e. The van der Waals surface area contributed by atoms with Gasteiger partial charge in [-0.25, -0.2) is 0 Å². The van der Waals surface area contributed by atoms with Gasteiger partial charge in [-0.05, 0) is 39.7 Å². The highest BCUT2D eigenvalue weighted by Crippen LogP contribution is 2.33. The molecule has 0 aromatic rings. The van der Waals surface area contributed by atoms with E-state index in [9.17, 15) is 0 Å². The van der Waals surface area contributed by atoms with E-state index < -0.39 is 0 Å². The van der Waals surface area contributed by atoms with E-state index in [1.165, 1.54) is 57.8 Å². The third kappa shape index (κ3) is 3.48. The molecule has 1 rings (SSSR count). The van der Waals surface area contributed by atoms with Gasteiger partial charge in [-0.3, -0.25) is 4.90 Å². The van der Waals surface area contributed by atoms with Crippen molar-refractivity contribution in [2.75, 3.05) is 7.05 Å². The van der Waals surface area contributed by atoms with Crippen molar-refractivity contribution in [3.05, 3.63) is 0 Å². The highest BCUT2D eigenvalue weighted by molar-refractivity contribution is 4.90. The van der Waals surface area contributed by atoms with E-state index in [0.29, 0.717) is 5.54 Å². The molecule has 0 bridgehead atoms. The van der Waals surface area contributed by atoms with Crippen LogP contribution in [0.3, 0.4) is 0 Å². The van der Waals surface area contributed by atoms with Crippen LogP contribution in [-0.2, 0) is 0 Å². The van der Waals surface area contributed by atoms with Gasteiger partial charge in [0.15, 0.2) is 0 Å². The van der Waals surface area contributed by atoms with Crippen molar-refractivity contribution >= 4 is 0 Å². The summed E-state index contributed by atoms with van der Waals surface area (Å²) in [6.07, 6.45) is 12.6. The van der Waals surface area contributed by atoms with Gasteiger partial charge in [0.1, 0.15) is 0 Å². The zero-order chi connectivity index (χ0) is 12.0. The summed E-state index contributed by atoms with van der Waals surface area (Å²) >= 11 is 0. The summed E-state index contributed by atoms with van der Waals surface area (Å²) in [5.74, 6) is 0. The summed E-state index contributed by atoms with van der Waals surface area (Å²) in [5.41, 5.74) is 0.457. The van der Waals surface area contributed by atoms with Gasteiger partial charge in [-0.2, -0.15) is 0 Å². The molecule has 0 heterocycles. The Hall–Kier alpha value is -0.0400. The SMILES string of the molecule is CCCCCCC(C)(CC)N(C)C1CCC1. The maximum Gasteiger partial charge on any atom is 0.0178 e. The standard InChI is InChI=1S/C15H31N/c1-5-7-8-9-13-15(3,6-2)16(4)14-11-10-12-14/h14H,5-13H2,1-4H3. The molecule has 0 amide bonds. The monoisotopic (exact) mass is 225 g/mol. The highest BCUT2D eigenvalue weighted by Gasteiger charge is 2.34. The first-order chi connectivity index (χ1) is 7.64. The minimum Gasteiger partial charge on any atom is -0.298 e. The Morgan fingerprint density at radius 3 is 2.25 bits per heavy atom. The molecule has 1 saturated carbocycles. The molecule has 1 nitrogen and oxygen atoms in total. The average molecular weight is 225 g/mol. The van der Waals surface area contributed by atoms with E-state index in [1.807, 2.05) is 0 Å². The van der Waals surface area contributed by atoms with Crippen LogP contribution in [0.15, 0.2) is 0 Å². The molecule has 1 fully saturated rings. The Kier molecular flexibility index (Phi) is 5.82. The van der Waals surface area contributed by atoms with Crippen LogP contribution >= 0.6 is 0 Å². The molecule has 16 heavy (non-hydrogen) atoms.